The number of hydrogen-bond donors (Lipinski definition) is 1. The van der Waals surface area contributed by atoms with Crippen molar-refractivity contribution in [1.82, 2.24) is 5.32 Å². The summed E-state index contributed by atoms with van der Waals surface area (Å²) in [7, 11) is 3.20. The number of amides is 1. The van der Waals surface area contributed by atoms with Gasteiger partial charge >= 0.3 is 0 Å². The summed E-state index contributed by atoms with van der Waals surface area (Å²) in [6.07, 6.45) is 2.29. The van der Waals surface area contributed by atoms with Crippen LogP contribution in [0, 0.1) is 0 Å². The lowest BCUT2D eigenvalue weighted by molar-refractivity contribution is -0.121. The van der Waals surface area contributed by atoms with Gasteiger partial charge in [0.2, 0.25) is 5.91 Å². The Morgan fingerprint density at radius 2 is 1.83 bits per heavy atom. The van der Waals surface area contributed by atoms with E-state index in [4.69, 9.17) is 9.47 Å². The molecule has 0 aliphatic heterocycles. The number of nitrogens with one attached hydrogen (secondary N) is 1. The van der Waals surface area contributed by atoms with Crippen molar-refractivity contribution in [2.75, 3.05) is 20.5 Å². The van der Waals surface area contributed by atoms with Crippen LogP contribution in [0.15, 0.2) is 47.4 Å². The molecule has 0 bridgehead atoms. The first-order valence-electron chi connectivity index (χ1n) is 7.71. The molecule has 0 aliphatic rings. The molecule has 0 saturated heterocycles. The van der Waals surface area contributed by atoms with Crippen molar-refractivity contribution in [3.05, 3.63) is 53.6 Å². The highest BCUT2D eigenvalue weighted by Crippen LogP contribution is 2.25. The average molecular weight is 345 g/mol. The van der Waals surface area contributed by atoms with Gasteiger partial charge < -0.3 is 14.8 Å². The summed E-state index contributed by atoms with van der Waals surface area (Å²) in [6, 6.07) is 13.6. The Morgan fingerprint density at radius 3 is 2.42 bits per heavy atom. The molecule has 2 aromatic rings. The van der Waals surface area contributed by atoms with E-state index in [9.17, 15) is 4.79 Å². The van der Waals surface area contributed by atoms with Gasteiger partial charge in [-0.05, 0) is 49.1 Å². The standard InChI is InChI=1S/C19H23NO3S/c1-13(14-5-8-17(24-4)9-6-14)20-19(21)12-15-11-16(22-2)7-10-18(15)23-3/h5-11,13H,12H2,1-4H3,(H,20,21)/t13-/m1/s1. The van der Waals surface area contributed by atoms with Crippen molar-refractivity contribution >= 4 is 17.7 Å². The maximum Gasteiger partial charge on any atom is 0.225 e. The Labute approximate surface area is 147 Å². The number of carbonyl (C=O) groups is 1. The molecule has 2 aromatic carbocycles. The molecule has 0 unspecified atom stereocenters. The van der Waals surface area contributed by atoms with Gasteiger partial charge in [-0.25, -0.2) is 0 Å². The van der Waals surface area contributed by atoms with Gasteiger partial charge in [-0.3, -0.25) is 4.79 Å². The van der Waals surface area contributed by atoms with Crippen LogP contribution in [0.4, 0.5) is 0 Å². The van der Waals surface area contributed by atoms with Crippen molar-refractivity contribution < 1.29 is 14.3 Å². The molecule has 0 saturated carbocycles. The topological polar surface area (TPSA) is 47.6 Å². The molecule has 1 atom stereocenters. The monoisotopic (exact) mass is 345 g/mol. The third-order valence-corrected chi connectivity index (χ3v) is 4.58. The molecular formula is C19H23NO3S. The minimum absolute atomic E-state index is 0.0509. The smallest absolute Gasteiger partial charge is 0.225 e. The van der Waals surface area contributed by atoms with Crippen LogP contribution in [-0.2, 0) is 11.2 Å². The van der Waals surface area contributed by atoms with E-state index in [0.717, 1.165) is 11.1 Å². The number of methoxy groups -OCH3 is 2. The van der Waals surface area contributed by atoms with Gasteiger partial charge in [0, 0.05) is 10.5 Å². The first-order valence-corrected chi connectivity index (χ1v) is 8.94. The number of carbonyl (C=O) groups excluding carboxylic acids is 1. The Kier molecular flexibility index (Phi) is 6.55. The quantitative estimate of drug-likeness (QED) is 0.775. The first kappa shape index (κ1) is 18.2. The van der Waals surface area contributed by atoms with Crippen LogP contribution in [0.1, 0.15) is 24.1 Å². The molecule has 1 amide bonds. The van der Waals surface area contributed by atoms with Crippen molar-refractivity contribution in [1.29, 1.82) is 0 Å². The van der Waals surface area contributed by atoms with Crippen molar-refractivity contribution in [2.24, 2.45) is 0 Å². The molecule has 128 valence electrons. The van der Waals surface area contributed by atoms with Gasteiger partial charge in [-0.1, -0.05) is 12.1 Å². The van der Waals surface area contributed by atoms with Crippen LogP contribution >= 0.6 is 11.8 Å². The molecule has 4 nitrogen and oxygen atoms in total. The van der Waals surface area contributed by atoms with Crippen molar-refractivity contribution in [3.63, 3.8) is 0 Å². The van der Waals surface area contributed by atoms with Crippen LogP contribution in [0.25, 0.3) is 0 Å². The SMILES string of the molecule is COc1ccc(OC)c(CC(=O)N[C@H](C)c2ccc(SC)cc2)c1. The lowest BCUT2D eigenvalue weighted by atomic mass is 10.1. The zero-order valence-corrected chi connectivity index (χ0v) is 15.3. The van der Waals surface area contributed by atoms with E-state index in [1.165, 1.54) is 4.90 Å². The zero-order chi connectivity index (χ0) is 17.5. The van der Waals surface area contributed by atoms with E-state index in [0.29, 0.717) is 11.5 Å². The summed E-state index contributed by atoms with van der Waals surface area (Å²) >= 11 is 1.70. The summed E-state index contributed by atoms with van der Waals surface area (Å²) in [6.45, 7) is 1.98. The molecule has 0 heterocycles. The Bertz CT molecular complexity index is 686. The van der Waals surface area contributed by atoms with Crippen molar-refractivity contribution in [3.8, 4) is 11.5 Å². The molecular weight excluding hydrogens is 322 g/mol. The molecule has 1 N–H and O–H groups in total. The Hall–Kier alpha value is -2.14. The molecule has 2 rings (SSSR count). The van der Waals surface area contributed by atoms with E-state index in [1.54, 1.807) is 26.0 Å². The van der Waals surface area contributed by atoms with E-state index < -0.39 is 0 Å². The molecule has 5 heteroatoms. The van der Waals surface area contributed by atoms with E-state index in [-0.39, 0.29) is 18.4 Å². The molecule has 24 heavy (non-hydrogen) atoms. The van der Waals surface area contributed by atoms with Crippen LogP contribution in [0.3, 0.4) is 0 Å². The van der Waals surface area contributed by atoms with Gasteiger partial charge in [-0.2, -0.15) is 0 Å². The Balaban J connectivity index is 2.04. The minimum atomic E-state index is -0.0528. The second kappa shape index (κ2) is 8.64. The van der Waals surface area contributed by atoms with Crippen molar-refractivity contribution in [2.45, 2.75) is 24.3 Å². The second-order valence-corrected chi connectivity index (χ2v) is 6.30. The summed E-state index contributed by atoms with van der Waals surface area (Å²) in [5.41, 5.74) is 1.89. The number of ether oxygens (including phenoxy) is 2. The minimum Gasteiger partial charge on any atom is -0.497 e. The Morgan fingerprint density at radius 1 is 1.12 bits per heavy atom. The predicted molar refractivity (Wildman–Crippen MR) is 98.0 cm³/mol. The highest BCUT2D eigenvalue weighted by molar-refractivity contribution is 7.98. The summed E-state index contributed by atoms with van der Waals surface area (Å²) < 4.78 is 10.5. The number of hydrogen-bond acceptors (Lipinski definition) is 4. The fourth-order valence-electron chi connectivity index (χ4n) is 2.46. The van der Waals surface area contributed by atoms with E-state index in [1.807, 2.05) is 43.5 Å². The lowest BCUT2D eigenvalue weighted by Crippen LogP contribution is -2.28. The largest absolute Gasteiger partial charge is 0.497 e. The first-order chi connectivity index (χ1) is 11.6. The van der Waals surface area contributed by atoms with Crippen LogP contribution in [0.2, 0.25) is 0 Å². The maximum atomic E-state index is 12.4. The zero-order valence-electron chi connectivity index (χ0n) is 14.5. The van der Waals surface area contributed by atoms with E-state index in [2.05, 4.69) is 17.4 Å². The summed E-state index contributed by atoms with van der Waals surface area (Å²) in [5, 5.41) is 3.03. The highest BCUT2D eigenvalue weighted by Gasteiger charge is 2.13. The number of benzene rings is 2. The fraction of sp³-hybridized carbons (Fsp3) is 0.316. The molecule has 0 fully saturated rings. The normalized spacial score (nSPS) is 11.7. The van der Waals surface area contributed by atoms with Crippen LogP contribution in [0.5, 0.6) is 11.5 Å². The molecule has 0 radical (unpaired) electrons. The second-order valence-electron chi connectivity index (χ2n) is 5.42. The lowest BCUT2D eigenvalue weighted by Gasteiger charge is -2.16. The van der Waals surface area contributed by atoms with Crippen LogP contribution in [-0.4, -0.2) is 26.4 Å². The fourth-order valence-corrected chi connectivity index (χ4v) is 2.87. The van der Waals surface area contributed by atoms with Gasteiger partial charge in [0.25, 0.3) is 0 Å². The van der Waals surface area contributed by atoms with Crippen LogP contribution < -0.4 is 14.8 Å². The predicted octanol–water partition coefficient (Wildman–Crippen LogP) is 3.85. The summed E-state index contributed by atoms with van der Waals surface area (Å²) in [5.74, 6) is 1.34. The van der Waals surface area contributed by atoms with Gasteiger partial charge in [0.15, 0.2) is 0 Å². The average Bonchev–Trinajstić information content (AvgIpc) is 2.61. The number of rotatable bonds is 7. The third kappa shape index (κ3) is 4.68. The number of thioether (sulfide) groups is 1. The van der Waals surface area contributed by atoms with Gasteiger partial charge in [-0.15, -0.1) is 11.8 Å². The third-order valence-electron chi connectivity index (χ3n) is 3.83. The molecule has 0 aromatic heterocycles. The van der Waals surface area contributed by atoms with Gasteiger partial charge in [0.1, 0.15) is 11.5 Å². The molecule has 0 spiro atoms. The molecule has 0 aliphatic carbocycles. The highest BCUT2D eigenvalue weighted by atomic mass is 32.2. The van der Waals surface area contributed by atoms with Gasteiger partial charge in [0.05, 0.1) is 26.7 Å². The van der Waals surface area contributed by atoms with E-state index >= 15 is 0 Å². The summed E-state index contributed by atoms with van der Waals surface area (Å²) in [4.78, 5) is 13.6. The maximum absolute atomic E-state index is 12.4.